The van der Waals surface area contributed by atoms with Crippen LogP contribution < -0.4 is 4.74 Å². The number of hydrogen-bond acceptors (Lipinski definition) is 5. The van der Waals surface area contributed by atoms with Crippen molar-refractivity contribution in [3.05, 3.63) is 57.3 Å². The molecular formula is C22H23NO4S. The lowest BCUT2D eigenvalue weighted by Gasteiger charge is -2.25. The second-order valence-corrected chi connectivity index (χ2v) is 8.17. The smallest absolute Gasteiger partial charge is 0.307 e. The van der Waals surface area contributed by atoms with Gasteiger partial charge in [-0.2, -0.15) is 0 Å². The van der Waals surface area contributed by atoms with Gasteiger partial charge < -0.3 is 14.7 Å². The van der Waals surface area contributed by atoms with Crippen LogP contribution in [0.15, 0.2) is 35.7 Å². The molecule has 0 spiro atoms. The maximum absolute atomic E-state index is 11.4. The molecule has 5 nitrogen and oxygen atoms in total. The van der Waals surface area contributed by atoms with Gasteiger partial charge in [0.1, 0.15) is 18.1 Å². The summed E-state index contributed by atoms with van der Waals surface area (Å²) in [7, 11) is 0. The Morgan fingerprint density at radius 1 is 1.25 bits per heavy atom. The third-order valence-corrected chi connectivity index (χ3v) is 6.26. The van der Waals surface area contributed by atoms with Crippen LogP contribution in [0.1, 0.15) is 40.8 Å². The number of ketones is 1. The van der Waals surface area contributed by atoms with Crippen molar-refractivity contribution in [1.29, 1.82) is 0 Å². The Kier molecular flexibility index (Phi) is 5.59. The van der Waals surface area contributed by atoms with Gasteiger partial charge in [-0.3, -0.25) is 9.59 Å². The monoisotopic (exact) mass is 397 g/mol. The lowest BCUT2D eigenvalue weighted by Crippen LogP contribution is -2.34. The molecule has 0 saturated carbocycles. The molecule has 0 unspecified atom stereocenters. The van der Waals surface area contributed by atoms with Crippen molar-refractivity contribution >= 4 is 28.7 Å². The number of carboxylic acids is 1. The van der Waals surface area contributed by atoms with Gasteiger partial charge in [-0.25, -0.2) is 0 Å². The first-order valence-electron chi connectivity index (χ1n) is 9.59. The van der Waals surface area contributed by atoms with Gasteiger partial charge in [-0.05, 0) is 41.1 Å². The Labute approximate surface area is 168 Å². The fourth-order valence-electron chi connectivity index (χ4n) is 3.78. The van der Waals surface area contributed by atoms with Crippen molar-refractivity contribution in [2.45, 2.75) is 32.3 Å². The predicted molar refractivity (Wildman–Crippen MR) is 109 cm³/mol. The molecule has 0 radical (unpaired) electrons. The zero-order chi connectivity index (χ0) is 19.5. The van der Waals surface area contributed by atoms with Gasteiger partial charge in [0.15, 0.2) is 0 Å². The summed E-state index contributed by atoms with van der Waals surface area (Å²) in [6.45, 7) is 3.13. The molecule has 4 rings (SSSR count). The van der Waals surface area contributed by atoms with Crippen LogP contribution in [0.25, 0.3) is 5.57 Å². The summed E-state index contributed by atoms with van der Waals surface area (Å²) in [4.78, 5) is 26.1. The molecule has 28 heavy (non-hydrogen) atoms. The number of aliphatic carboxylic acids is 1. The van der Waals surface area contributed by atoms with Crippen molar-refractivity contribution in [2.24, 2.45) is 0 Å². The van der Waals surface area contributed by atoms with Gasteiger partial charge in [0.2, 0.25) is 0 Å². The maximum atomic E-state index is 11.4. The highest BCUT2D eigenvalue weighted by Crippen LogP contribution is 2.40. The molecule has 0 bridgehead atoms. The van der Waals surface area contributed by atoms with Crippen LogP contribution in [-0.2, 0) is 22.6 Å². The van der Waals surface area contributed by atoms with Gasteiger partial charge in [0.05, 0.1) is 6.42 Å². The minimum atomic E-state index is -0.837. The van der Waals surface area contributed by atoms with Gasteiger partial charge in [-0.15, -0.1) is 11.3 Å². The number of likely N-dealkylation sites (tertiary alicyclic amines) is 1. The molecule has 1 N–H and O–H groups in total. The van der Waals surface area contributed by atoms with Crippen molar-refractivity contribution in [3.8, 4) is 5.75 Å². The number of hydrogen-bond donors (Lipinski definition) is 1. The summed E-state index contributed by atoms with van der Waals surface area (Å²) in [5.74, 6) is 0.322. The van der Waals surface area contributed by atoms with Crippen molar-refractivity contribution < 1.29 is 19.4 Å². The number of fused-ring (bicyclic) bond motifs is 2. The lowest BCUT2D eigenvalue weighted by atomic mass is 9.97. The molecule has 0 amide bonds. The molecule has 1 aromatic carbocycles. The highest BCUT2D eigenvalue weighted by molar-refractivity contribution is 7.11. The molecule has 3 heterocycles. The van der Waals surface area contributed by atoms with E-state index in [0.717, 1.165) is 54.1 Å². The zero-order valence-electron chi connectivity index (χ0n) is 15.6. The van der Waals surface area contributed by atoms with E-state index in [1.807, 2.05) is 18.2 Å². The topological polar surface area (TPSA) is 66.8 Å². The minimum absolute atomic E-state index is 0.000333. The molecule has 0 atom stereocenters. The summed E-state index contributed by atoms with van der Waals surface area (Å²) in [5.41, 5.74) is 4.03. The van der Waals surface area contributed by atoms with Gasteiger partial charge in [-0.1, -0.05) is 12.1 Å². The van der Waals surface area contributed by atoms with Crippen molar-refractivity contribution in [3.63, 3.8) is 0 Å². The number of carboxylic acid groups (broad SMARTS) is 1. The molecule has 1 saturated heterocycles. The summed E-state index contributed by atoms with van der Waals surface area (Å²) in [6.07, 6.45) is 4.43. The molecule has 2 aliphatic heterocycles. The Balaban J connectivity index is 1.61. The number of carbonyl (C=O) groups excluding carboxylic acids is 1. The third-order valence-electron chi connectivity index (χ3n) is 5.27. The quantitative estimate of drug-likeness (QED) is 0.832. The first-order chi connectivity index (χ1) is 13.6. The molecule has 146 valence electrons. The van der Waals surface area contributed by atoms with Crippen LogP contribution in [0.5, 0.6) is 5.75 Å². The molecule has 2 aromatic rings. The number of piperidine rings is 1. The summed E-state index contributed by atoms with van der Waals surface area (Å²) >= 11 is 1.69. The second-order valence-electron chi connectivity index (χ2n) is 7.25. The van der Waals surface area contributed by atoms with E-state index in [1.165, 1.54) is 4.88 Å². The first-order valence-corrected chi connectivity index (χ1v) is 10.5. The number of nitrogens with zero attached hydrogens (tertiary/aromatic N) is 1. The number of Topliss-reactive ketones (excluding diaryl/α,β-unsaturated/α-hetero) is 1. The molecule has 2 aliphatic rings. The van der Waals surface area contributed by atoms with Crippen LogP contribution in [0.3, 0.4) is 0 Å². The summed E-state index contributed by atoms with van der Waals surface area (Å²) in [5, 5.41) is 11.2. The molecular weight excluding hydrogens is 374 g/mol. The van der Waals surface area contributed by atoms with E-state index < -0.39 is 5.97 Å². The highest BCUT2D eigenvalue weighted by atomic mass is 32.1. The minimum Gasteiger partial charge on any atom is -0.488 e. The fourth-order valence-corrected chi connectivity index (χ4v) is 4.75. The zero-order valence-corrected chi connectivity index (χ0v) is 16.5. The van der Waals surface area contributed by atoms with E-state index in [-0.39, 0.29) is 6.42 Å². The van der Waals surface area contributed by atoms with Gasteiger partial charge in [0.25, 0.3) is 0 Å². The number of benzene rings is 1. The average Bonchev–Trinajstić information content (AvgIpc) is 3.08. The Bertz CT molecular complexity index is 920. The molecule has 0 aliphatic carbocycles. The number of thiophene rings is 1. The van der Waals surface area contributed by atoms with Gasteiger partial charge in [0, 0.05) is 48.5 Å². The average molecular weight is 397 g/mol. The SMILES string of the molecule is O=C(O)Cc1ccc2c(c1)/C(=C\CCN1CCC(=O)CC1)c1sccc1CO2. The largest absolute Gasteiger partial charge is 0.488 e. The van der Waals surface area contributed by atoms with Crippen molar-refractivity contribution in [1.82, 2.24) is 4.90 Å². The standard InChI is InChI=1S/C22H23NO4S/c24-17-5-9-23(10-6-17)8-1-2-18-19-12-15(13-21(25)26)3-4-20(19)27-14-16-7-11-28-22(16)18/h2-4,7,11-12H,1,5-6,8-10,13-14H2,(H,25,26)/b18-2+. The van der Waals surface area contributed by atoms with E-state index in [2.05, 4.69) is 22.4 Å². The van der Waals surface area contributed by atoms with E-state index in [1.54, 1.807) is 11.3 Å². The van der Waals surface area contributed by atoms with Crippen molar-refractivity contribution in [2.75, 3.05) is 19.6 Å². The molecule has 6 heteroatoms. The van der Waals surface area contributed by atoms with Crippen LogP contribution in [0, 0.1) is 0 Å². The fraction of sp³-hybridized carbons (Fsp3) is 0.364. The Morgan fingerprint density at radius 2 is 2.07 bits per heavy atom. The highest BCUT2D eigenvalue weighted by Gasteiger charge is 2.21. The summed E-state index contributed by atoms with van der Waals surface area (Å²) in [6, 6.07) is 7.75. The normalized spacial score (nSPS) is 18.3. The Morgan fingerprint density at radius 3 is 2.86 bits per heavy atom. The second kappa shape index (κ2) is 8.29. The van der Waals surface area contributed by atoms with E-state index in [4.69, 9.17) is 9.84 Å². The first kappa shape index (κ1) is 18.9. The Hall–Kier alpha value is -2.44. The lowest BCUT2D eigenvalue weighted by molar-refractivity contribution is -0.136. The summed E-state index contributed by atoms with van der Waals surface area (Å²) < 4.78 is 6.00. The van der Waals surface area contributed by atoms with E-state index >= 15 is 0 Å². The molecule has 1 aromatic heterocycles. The van der Waals surface area contributed by atoms with Crippen LogP contribution in [0.2, 0.25) is 0 Å². The van der Waals surface area contributed by atoms with E-state index in [9.17, 15) is 9.59 Å². The van der Waals surface area contributed by atoms with E-state index in [0.29, 0.717) is 25.2 Å². The van der Waals surface area contributed by atoms with Crippen LogP contribution >= 0.6 is 11.3 Å². The maximum Gasteiger partial charge on any atom is 0.307 e. The number of carbonyl (C=O) groups is 2. The van der Waals surface area contributed by atoms with Crippen LogP contribution in [0.4, 0.5) is 0 Å². The number of rotatable bonds is 5. The predicted octanol–water partition coefficient (Wildman–Crippen LogP) is 3.75. The van der Waals surface area contributed by atoms with Gasteiger partial charge >= 0.3 is 5.97 Å². The molecule has 1 fully saturated rings. The van der Waals surface area contributed by atoms with Crippen LogP contribution in [-0.4, -0.2) is 41.4 Å². The third kappa shape index (κ3) is 4.18. The number of ether oxygens (including phenoxy) is 1.